The van der Waals surface area contributed by atoms with Crippen LogP contribution in [0.15, 0.2) is 0 Å². The second-order valence-corrected chi connectivity index (χ2v) is 10.7. The fourth-order valence-corrected chi connectivity index (χ4v) is 5.77. The van der Waals surface area contributed by atoms with Crippen molar-refractivity contribution in [3.8, 4) is 6.07 Å². The lowest BCUT2D eigenvalue weighted by Gasteiger charge is -2.40. The van der Waals surface area contributed by atoms with Crippen molar-refractivity contribution in [1.29, 1.82) is 5.26 Å². The first-order chi connectivity index (χ1) is 15.6. The van der Waals surface area contributed by atoms with Gasteiger partial charge in [0.2, 0.25) is 5.41 Å². The monoisotopic (exact) mass is 447 g/mol. The normalized spacial score (nSPS) is 35.7. The molecular weight excluding hydrogens is 402 g/mol. The highest BCUT2D eigenvalue weighted by atomic mass is 16.7. The molecule has 0 aromatic heterocycles. The SMILES string of the molecule is CCCCCC1CCC([C@H]2OC[C@@](C#N)(C(=O)OC3CCC(CCCC)CC3)CO2)CC1. The van der Waals surface area contributed by atoms with Crippen LogP contribution in [-0.4, -0.2) is 31.6 Å². The van der Waals surface area contributed by atoms with E-state index in [4.69, 9.17) is 14.2 Å². The Bertz CT molecular complexity index is 591. The molecule has 0 aromatic rings. The van der Waals surface area contributed by atoms with Crippen LogP contribution in [0, 0.1) is 34.5 Å². The van der Waals surface area contributed by atoms with Crippen molar-refractivity contribution in [3.63, 3.8) is 0 Å². The van der Waals surface area contributed by atoms with Crippen molar-refractivity contribution in [2.45, 2.75) is 123 Å². The quantitative estimate of drug-likeness (QED) is 0.281. The molecule has 0 aromatic carbocycles. The van der Waals surface area contributed by atoms with E-state index in [-0.39, 0.29) is 25.6 Å². The number of hydrogen-bond acceptors (Lipinski definition) is 5. The zero-order valence-electron chi connectivity index (χ0n) is 20.5. The number of nitriles is 1. The first-order valence-corrected chi connectivity index (χ1v) is 13.5. The van der Waals surface area contributed by atoms with Gasteiger partial charge in [0.05, 0.1) is 19.3 Å². The molecule has 5 nitrogen and oxygen atoms in total. The van der Waals surface area contributed by atoms with Gasteiger partial charge in [-0.2, -0.15) is 5.26 Å². The Morgan fingerprint density at radius 3 is 2.00 bits per heavy atom. The van der Waals surface area contributed by atoms with Gasteiger partial charge < -0.3 is 14.2 Å². The highest BCUT2D eigenvalue weighted by Crippen LogP contribution is 2.38. The van der Waals surface area contributed by atoms with Crippen LogP contribution in [-0.2, 0) is 19.0 Å². The third-order valence-corrected chi connectivity index (χ3v) is 8.12. The van der Waals surface area contributed by atoms with Crippen molar-refractivity contribution >= 4 is 5.97 Å². The predicted molar refractivity (Wildman–Crippen MR) is 125 cm³/mol. The number of ether oxygens (including phenoxy) is 3. The molecule has 5 heteroatoms. The number of rotatable bonds is 10. The molecule has 0 bridgehead atoms. The smallest absolute Gasteiger partial charge is 0.331 e. The Kier molecular flexibility index (Phi) is 10.3. The number of unbranched alkanes of at least 4 members (excludes halogenated alkanes) is 3. The van der Waals surface area contributed by atoms with Gasteiger partial charge in [-0.1, -0.05) is 58.8 Å². The van der Waals surface area contributed by atoms with E-state index in [0.29, 0.717) is 5.92 Å². The van der Waals surface area contributed by atoms with Gasteiger partial charge in [-0.3, -0.25) is 4.79 Å². The summed E-state index contributed by atoms with van der Waals surface area (Å²) in [5.41, 5.74) is -1.31. The molecule has 0 spiro atoms. The summed E-state index contributed by atoms with van der Waals surface area (Å²) in [5, 5.41) is 9.80. The van der Waals surface area contributed by atoms with Crippen LogP contribution >= 0.6 is 0 Å². The number of hydrogen-bond donors (Lipinski definition) is 0. The topological polar surface area (TPSA) is 68.5 Å². The number of carbonyl (C=O) groups is 1. The van der Waals surface area contributed by atoms with Crippen LogP contribution in [0.25, 0.3) is 0 Å². The summed E-state index contributed by atoms with van der Waals surface area (Å²) < 4.78 is 17.8. The van der Waals surface area contributed by atoms with Gasteiger partial charge in [0.1, 0.15) is 6.10 Å². The zero-order valence-corrected chi connectivity index (χ0v) is 20.5. The molecule has 0 atom stereocenters. The van der Waals surface area contributed by atoms with Gasteiger partial charge in [0, 0.05) is 5.92 Å². The van der Waals surface area contributed by atoms with Crippen molar-refractivity contribution in [2.75, 3.05) is 13.2 Å². The minimum atomic E-state index is -1.31. The minimum Gasteiger partial charge on any atom is -0.461 e. The fourth-order valence-electron chi connectivity index (χ4n) is 5.77. The Morgan fingerprint density at radius 1 is 0.875 bits per heavy atom. The molecule has 0 unspecified atom stereocenters. The zero-order chi connectivity index (χ0) is 22.8. The summed E-state index contributed by atoms with van der Waals surface area (Å²) >= 11 is 0. The van der Waals surface area contributed by atoms with Crippen molar-refractivity contribution in [3.05, 3.63) is 0 Å². The van der Waals surface area contributed by atoms with Crippen LogP contribution in [0.5, 0.6) is 0 Å². The summed E-state index contributed by atoms with van der Waals surface area (Å²) in [7, 11) is 0. The molecule has 3 fully saturated rings. The first kappa shape index (κ1) is 25.5. The van der Waals surface area contributed by atoms with E-state index in [1.54, 1.807) is 0 Å². The van der Waals surface area contributed by atoms with Crippen LogP contribution in [0.2, 0.25) is 0 Å². The van der Waals surface area contributed by atoms with Crippen molar-refractivity contribution < 1.29 is 19.0 Å². The van der Waals surface area contributed by atoms with E-state index >= 15 is 0 Å². The van der Waals surface area contributed by atoms with Crippen LogP contribution in [0.3, 0.4) is 0 Å². The molecule has 2 saturated carbocycles. The Hall–Kier alpha value is -1.12. The van der Waals surface area contributed by atoms with Gasteiger partial charge >= 0.3 is 5.97 Å². The van der Waals surface area contributed by atoms with E-state index < -0.39 is 11.4 Å². The average Bonchev–Trinajstić information content (AvgIpc) is 2.84. The van der Waals surface area contributed by atoms with Crippen LogP contribution in [0.1, 0.15) is 110 Å². The standard InChI is InChI=1S/C27H45NO4/c1-3-5-7-9-22-10-14-23(15-11-22)25-30-19-27(18-28,20-31-25)26(29)32-24-16-12-21(13-17-24)8-6-4-2/h21-25H,3-17,19-20H2,1-2H3/t21?,22?,23?,24?,25-,27+. The molecule has 3 aliphatic rings. The lowest BCUT2D eigenvalue weighted by atomic mass is 9.79. The lowest BCUT2D eigenvalue weighted by molar-refractivity contribution is -0.247. The Labute approximate surface area is 195 Å². The maximum absolute atomic E-state index is 12.9. The molecule has 1 heterocycles. The number of nitrogens with zero attached hydrogens (tertiary/aromatic N) is 1. The molecule has 182 valence electrons. The fraction of sp³-hybridized carbons (Fsp3) is 0.926. The summed E-state index contributed by atoms with van der Waals surface area (Å²) in [4.78, 5) is 12.9. The maximum atomic E-state index is 12.9. The number of esters is 1. The summed E-state index contributed by atoms with van der Waals surface area (Å²) in [6, 6.07) is 2.18. The molecule has 1 saturated heterocycles. The first-order valence-electron chi connectivity index (χ1n) is 13.5. The molecular formula is C27H45NO4. The van der Waals surface area contributed by atoms with Gasteiger partial charge in [-0.25, -0.2) is 0 Å². The largest absolute Gasteiger partial charge is 0.461 e. The highest BCUT2D eigenvalue weighted by molar-refractivity contribution is 5.80. The maximum Gasteiger partial charge on any atom is 0.331 e. The summed E-state index contributed by atoms with van der Waals surface area (Å²) in [6.45, 7) is 4.67. The van der Waals surface area contributed by atoms with Gasteiger partial charge in [0.25, 0.3) is 0 Å². The Balaban J connectivity index is 1.40. The summed E-state index contributed by atoms with van der Waals surface area (Å²) in [5.74, 6) is 1.53. The van der Waals surface area contributed by atoms with E-state index in [1.807, 2.05) is 0 Å². The van der Waals surface area contributed by atoms with E-state index in [9.17, 15) is 10.1 Å². The molecule has 0 amide bonds. The summed E-state index contributed by atoms with van der Waals surface area (Å²) in [6.07, 6.45) is 17.5. The third kappa shape index (κ3) is 6.94. The molecule has 2 aliphatic carbocycles. The molecule has 0 radical (unpaired) electrons. The van der Waals surface area contributed by atoms with Gasteiger partial charge in [-0.05, 0) is 63.2 Å². The number of carbonyl (C=O) groups excluding carboxylic acids is 1. The van der Waals surface area contributed by atoms with Gasteiger partial charge in [-0.15, -0.1) is 0 Å². The van der Waals surface area contributed by atoms with Crippen molar-refractivity contribution in [1.82, 2.24) is 0 Å². The third-order valence-electron chi connectivity index (χ3n) is 8.12. The van der Waals surface area contributed by atoms with E-state index in [0.717, 1.165) is 50.4 Å². The Morgan fingerprint density at radius 2 is 1.44 bits per heavy atom. The van der Waals surface area contributed by atoms with Crippen LogP contribution < -0.4 is 0 Å². The molecule has 0 N–H and O–H groups in total. The highest BCUT2D eigenvalue weighted by Gasteiger charge is 2.48. The van der Waals surface area contributed by atoms with E-state index in [2.05, 4.69) is 19.9 Å². The molecule has 32 heavy (non-hydrogen) atoms. The van der Waals surface area contributed by atoms with Crippen LogP contribution in [0.4, 0.5) is 0 Å². The lowest BCUT2D eigenvalue weighted by Crippen LogP contribution is -2.50. The molecule has 1 aliphatic heterocycles. The van der Waals surface area contributed by atoms with E-state index in [1.165, 1.54) is 57.8 Å². The minimum absolute atomic E-state index is 0.0636. The van der Waals surface area contributed by atoms with Gasteiger partial charge in [0.15, 0.2) is 6.29 Å². The second-order valence-electron chi connectivity index (χ2n) is 10.7. The van der Waals surface area contributed by atoms with Crippen molar-refractivity contribution in [2.24, 2.45) is 23.2 Å². The molecule has 3 rings (SSSR count). The average molecular weight is 448 g/mol. The predicted octanol–water partition coefficient (Wildman–Crippen LogP) is 6.55. The second kappa shape index (κ2) is 12.9.